The maximum Gasteiger partial charge on any atom is 0.243 e. The van der Waals surface area contributed by atoms with Crippen molar-refractivity contribution < 1.29 is 17.9 Å². The van der Waals surface area contributed by atoms with Crippen LogP contribution in [0.4, 0.5) is 5.69 Å². The Hall–Kier alpha value is -2.66. The molecule has 1 saturated heterocycles. The van der Waals surface area contributed by atoms with E-state index < -0.39 is 10.0 Å². The van der Waals surface area contributed by atoms with Crippen molar-refractivity contribution in [1.29, 1.82) is 0 Å². The number of sulfonamides is 1. The number of morpholine rings is 1. The van der Waals surface area contributed by atoms with E-state index in [9.17, 15) is 13.2 Å². The van der Waals surface area contributed by atoms with Gasteiger partial charge in [-0.25, -0.2) is 13.4 Å². The van der Waals surface area contributed by atoms with E-state index in [4.69, 9.17) is 4.74 Å². The number of ether oxygens (including phenoxy) is 1. The zero-order valence-corrected chi connectivity index (χ0v) is 20.0. The summed E-state index contributed by atoms with van der Waals surface area (Å²) in [5.74, 6) is -0.0957. The largest absolute Gasteiger partial charge is 0.379 e. The standard InChI is InChI=1S/C23H26N4O4S2/c1-3-10-27-21-7-5-4-6-19(21)25-23(27)32-16-22(28)24-20-15-18(9-8-17(20)2)33(29,30)26-11-13-31-14-12-26/h3-9,15H,1,10-14,16H2,2H3,(H,24,28). The molecule has 0 bridgehead atoms. The van der Waals surface area contributed by atoms with E-state index in [0.717, 1.165) is 21.8 Å². The van der Waals surface area contributed by atoms with Crippen LogP contribution in [0.2, 0.25) is 0 Å². The molecule has 1 aliphatic rings. The number of rotatable bonds is 8. The van der Waals surface area contributed by atoms with Crippen LogP contribution in [0, 0.1) is 6.92 Å². The molecule has 1 aliphatic heterocycles. The van der Waals surface area contributed by atoms with Gasteiger partial charge in [0.1, 0.15) is 0 Å². The number of carbonyl (C=O) groups excluding carboxylic acids is 1. The Kier molecular flexibility index (Phi) is 7.18. The number of aryl methyl sites for hydroxylation is 1. The molecule has 2 aromatic carbocycles. The average molecular weight is 487 g/mol. The lowest BCUT2D eigenvalue weighted by atomic mass is 10.2. The Bertz CT molecular complexity index is 1280. The molecule has 1 fully saturated rings. The number of anilines is 1. The van der Waals surface area contributed by atoms with Crippen molar-refractivity contribution in [3.8, 4) is 0 Å². The number of fused-ring (bicyclic) bond motifs is 1. The molecule has 2 heterocycles. The summed E-state index contributed by atoms with van der Waals surface area (Å²) < 4.78 is 34.6. The fraction of sp³-hybridized carbons (Fsp3) is 0.304. The fourth-order valence-corrected chi connectivity index (χ4v) is 5.88. The summed E-state index contributed by atoms with van der Waals surface area (Å²) in [4.78, 5) is 17.5. The number of benzene rings is 2. The van der Waals surface area contributed by atoms with Crippen LogP contribution in [0.15, 0.2) is 65.2 Å². The number of nitrogens with zero attached hydrogens (tertiary/aromatic N) is 3. The third-order valence-electron chi connectivity index (χ3n) is 5.35. The molecule has 8 nitrogen and oxygen atoms in total. The summed E-state index contributed by atoms with van der Waals surface area (Å²) in [6, 6.07) is 12.6. The smallest absolute Gasteiger partial charge is 0.243 e. The van der Waals surface area contributed by atoms with Crippen molar-refractivity contribution in [1.82, 2.24) is 13.9 Å². The van der Waals surface area contributed by atoms with Crippen molar-refractivity contribution >= 4 is 44.4 Å². The Morgan fingerprint density at radius 1 is 1.24 bits per heavy atom. The number of allylic oxidation sites excluding steroid dienone is 1. The second kappa shape index (κ2) is 10.1. The van der Waals surface area contributed by atoms with E-state index >= 15 is 0 Å². The summed E-state index contributed by atoms with van der Waals surface area (Å²) in [5, 5.41) is 3.58. The van der Waals surface area contributed by atoms with Gasteiger partial charge in [0.05, 0.1) is 34.9 Å². The zero-order valence-electron chi connectivity index (χ0n) is 18.4. The molecule has 33 heavy (non-hydrogen) atoms. The van der Waals surface area contributed by atoms with E-state index in [1.54, 1.807) is 18.2 Å². The molecule has 4 rings (SSSR count). The Morgan fingerprint density at radius 3 is 2.76 bits per heavy atom. The number of amides is 1. The first-order valence-corrected chi connectivity index (χ1v) is 13.0. The molecule has 0 radical (unpaired) electrons. The molecular weight excluding hydrogens is 460 g/mol. The van der Waals surface area contributed by atoms with Gasteiger partial charge in [-0.05, 0) is 36.8 Å². The first-order valence-electron chi connectivity index (χ1n) is 10.6. The van der Waals surface area contributed by atoms with E-state index in [-0.39, 0.29) is 16.6 Å². The fourth-order valence-electron chi connectivity index (χ4n) is 3.62. The highest BCUT2D eigenvalue weighted by atomic mass is 32.2. The maximum absolute atomic E-state index is 13.0. The molecule has 0 spiro atoms. The lowest BCUT2D eigenvalue weighted by Crippen LogP contribution is -2.40. The highest BCUT2D eigenvalue weighted by Crippen LogP contribution is 2.26. The van der Waals surface area contributed by atoms with Gasteiger partial charge in [0.15, 0.2) is 5.16 Å². The first-order chi connectivity index (χ1) is 15.9. The Morgan fingerprint density at radius 2 is 2.00 bits per heavy atom. The topological polar surface area (TPSA) is 93.5 Å². The minimum absolute atomic E-state index is 0.139. The lowest BCUT2D eigenvalue weighted by molar-refractivity contribution is -0.113. The predicted octanol–water partition coefficient (Wildman–Crippen LogP) is 3.28. The van der Waals surface area contributed by atoms with Crippen LogP contribution in [-0.2, 0) is 26.1 Å². The zero-order chi connectivity index (χ0) is 23.4. The van der Waals surface area contributed by atoms with Crippen LogP contribution in [0.3, 0.4) is 0 Å². The molecule has 1 amide bonds. The van der Waals surface area contributed by atoms with Crippen LogP contribution < -0.4 is 5.32 Å². The van der Waals surface area contributed by atoms with Crippen LogP contribution in [0.1, 0.15) is 5.56 Å². The summed E-state index contributed by atoms with van der Waals surface area (Å²) in [6.45, 7) is 7.62. The maximum atomic E-state index is 13.0. The van der Waals surface area contributed by atoms with Crippen molar-refractivity contribution in [3.63, 3.8) is 0 Å². The third-order valence-corrected chi connectivity index (χ3v) is 8.23. The van der Waals surface area contributed by atoms with Crippen LogP contribution >= 0.6 is 11.8 Å². The van der Waals surface area contributed by atoms with Crippen molar-refractivity contribution in [3.05, 3.63) is 60.7 Å². The molecule has 174 valence electrons. The van der Waals surface area contributed by atoms with Gasteiger partial charge in [0, 0.05) is 25.3 Å². The molecule has 0 unspecified atom stereocenters. The summed E-state index contributed by atoms with van der Waals surface area (Å²) in [5.41, 5.74) is 3.11. The average Bonchev–Trinajstić information content (AvgIpc) is 3.17. The second-order valence-corrected chi connectivity index (χ2v) is 10.5. The van der Waals surface area contributed by atoms with E-state index in [0.29, 0.717) is 38.5 Å². The van der Waals surface area contributed by atoms with Gasteiger partial charge in [-0.15, -0.1) is 6.58 Å². The SMILES string of the molecule is C=CCn1c(SCC(=O)Nc2cc(S(=O)(=O)N3CCOCC3)ccc2C)nc2ccccc21. The summed E-state index contributed by atoms with van der Waals surface area (Å²) in [7, 11) is -3.65. The second-order valence-electron chi connectivity index (χ2n) is 7.61. The van der Waals surface area contributed by atoms with Crippen LogP contribution in [0.5, 0.6) is 0 Å². The number of aromatic nitrogens is 2. The number of carbonyl (C=O) groups is 1. The molecule has 1 N–H and O–H groups in total. The van der Waals surface area contributed by atoms with Crippen molar-refractivity contribution in [2.45, 2.75) is 23.5 Å². The molecule has 1 aromatic heterocycles. The van der Waals surface area contributed by atoms with Crippen molar-refractivity contribution in [2.24, 2.45) is 0 Å². The van der Waals surface area contributed by atoms with Gasteiger partial charge in [0.2, 0.25) is 15.9 Å². The van der Waals surface area contributed by atoms with Crippen LogP contribution in [-0.4, -0.2) is 60.2 Å². The quantitative estimate of drug-likeness (QED) is 0.388. The van der Waals surface area contributed by atoms with E-state index in [1.165, 1.54) is 22.1 Å². The van der Waals surface area contributed by atoms with Gasteiger partial charge in [-0.1, -0.05) is 36.0 Å². The Balaban J connectivity index is 1.48. The number of nitrogens with one attached hydrogen (secondary N) is 1. The third kappa shape index (κ3) is 5.14. The van der Waals surface area contributed by atoms with Gasteiger partial charge in [0.25, 0.3) is 0 Å². The molecule has 0 saturated carbocycles. The number of imidazole rings is 1. The van der Waals surface area contributed by atoms with E-state index in [2.05, 4.69) is 16.9 Å². The van der Waals surface area contributed by atoms with Gasteiger partial charge >= 0.3 is 0 Å². The number of thioether (sulfide) groups is 1. The molecule has 0 atom stereocenters. The van der Waals surface area contributed by atoms with Gasteiger partial charge in [-0.2, -0.15) is 4.31 Å². The summed E-state index contributed by atoms with van der Waals surface area (Å²) in [6.07, 6.45) is 1.79. The minimum atomic E-state index is -3.65. The summed E-state index contributed by atoms with van der Waals surface area (Å²) >= 11 is 1.33. The molecular formula is C23H26N4O4S2. The Labute approximate surface area is 197 Å². The van der Waals surface area contributed by atoms with Crippen molar-refractivity contribution in [2.75, 3.05) is 37.4 Å². The van der Waals surface area contributed by atoms with Gasteiger partial charge in [-0.3, -0.25) is 4.79 Å². The normalized spacial score (nSPS) is 14.9. The molecule has 3 aromatic rings. The monoisotopic (exact) mass is 486 g/mol. The molecule has 0 aliphatic carbocycles. The number of hydrogen-bond acceptors (Lipinski definition) is 6. The van der Waals surface area contributed by atoms with E-state index in [1.807, 2.05) is 35.8 Å². The van der Waals surface area contributed by atoms with Crippen LogP contribution in [0.25, 0.3) is 11.0 Å². The first kappa shape index (κ1) is 23.5. The molecule has 10 heteroatoms. The highest BCUT2D eigenvalue weighted by Gasteiger charge is 2.27. The predicted molar refractivity (Wildman–Crippen MR) is 130 cm³/mol. The number of para-hydroxylation sites is 2. The minimum Gasteiger partial charge on any atom is -0.379 e. The van der Waals surface area contributed by atoms with Gasteiger partial charge < -0.3 is 14.6 Å². The number of hydrogen-bond donors (Lipinski definition) is 1. The highest BCUT2D eigenvalue weighted by molar-refractivity contribution is 7.99. The lowest BCUT2D eigenvalue weighted by Gasteiger charge is -2.26.